The summed E-state index contributed by atoms with van der Waals surface area (Å²) in [6, 6.07) is 8.08. The van der Waals surface area contributed by atoms with Gasteiger partial charge in [-0.25, -0.2) is 0 Å². The summed E-state index contributed by atoms with van der Waals surface area (Å²) in [7, 11) is 5.32. The van der Waals surface area contributed by atoms with Gasteiger partial charge in [-0.1, -0.05) is 12.1 Å². The van der Waals surface area contributed by atoms with Crippen LogP contribution in [-0.2, 0) is 4.74 Å². The first-order valence-corrected chi connectivity index (χ1v) is 6.23. The van der Waals surface area contributed by atoms with Gasteiger partial charge in [0.2, 0.25) is 0 Å². The molecule has 4 heteroatoms. The number of likely N-dealkylation sites (N-methyl/N-ethyl adjacent to an activating group) is 1. The first kappa shape index (κ1) is 14.8. The SMILES string of the molecule is CNC(CCCOc1ccccc1OC)COC. The highest BCUT2D eigenvalue weighted by Gasteiger charge is 2.06. The zero-order valence-electron chi connectivity index (χ0n) is 11.4. The van der Waals surface area contributed by atoms with E-state index in [1.54, 1.807) is 14.2 Å². The molecule has 1 N–H and O–H groups in total. The Kier molecular flexibility index (Phi) is 7.22. The molecule has 0 radical (unpaired) electrons. The van der Waals surface area contributed by atoms with E-state index in [0.29, 0.717) is 12.6 Å². The molecular formula is C14H23NO3. The Morgan fingerprint density at radius 2 is 1.89 bits per heavy atom. The van der Waals surface area contributed by atoms with Crippen molar-refractivity contribution in [1.29, 1.82) is 0 Å². The van der Waals surface area contributed by atoms with E-state index in [1.807, 2.05) is 31.3 Å². The summed E-state index contributed by atoms with van der Waals surface area (Å²) in [4.78, 5) is 0. The van der Waals surface area contributed by atoms with Crippen LogP contribution in [-0.4, -0.2) is 40.5 Å². The zero-order chi connectivity index (χ0) is 13.2. The van der Waals surface area contributed by atoms with Crippen LogP contribution in [0.25, 0.3) is 0 Å². The third-order valence-electron chi connectivity index (χ3n) is 2.80. The molecule has 0 spiro atoms. The third-order valence-corrected chi connectivity index (χ3v) is 2.80. The molecule has 0 heterocycles. The van der Waals surface area contributed by atoms with E-state index < -0.39 is 0 Å². The predicted octanol–water partition coefficient (Wildman–Crippen LogP) is 2.09. The zero-order valence-corrected chi connectivity index (χ0v) is 11.4. The van der Waals surface area contributed by atoms with Crippen molar-refractivity contribution >= 4 is 0 Å². The Hall–Kier alpha value is -1.26. The predicted molar refractivity (Wildman–Crippen MR) is 72.4 cm³/mol. The first-order valence-electron chi connectivity index (χ1n) is 6.23. The highest BCUT2D eigenvalue weighted by molar-refractivity contribution is 5.39. The molecule has 0 saturated heterocycles. The van der Waals surface area contributed by atoms with Gasteiger partial charge in [0.05, 0.1) is 20.3 Å². The smallest absolute Gasteiger partial charge is 0.161 e. The van der Waals surface area contributed by atoms with Gasteiger partial charge in [-0.2, -0.15) is 0 Å². The van der Waals surface area contributed by atoms with Gasteiger partial charge in [0.15, 0.2) is 11.5 Å². The van der Waals surface area contributed by atoms with Crippen molar-refractivity contribution in [2.24, 2.45) is 0 Å². The Morgan fingerprint density at radius 3 is 2.50 bits per heavy atom. The lowest BCUT2D eigenvalue weighted by molar-refractivity contribution is 0.161. The lowest BCUT2D eigenvalue weighted by Gasteiger charge is -2.15. The Balaban J connectivity index is 2.28. The molecule has 4 nitrogen and oxygen atoms in total. The van der Waals surface area contributed by atoms with Crippen molar-refractivity contribution in [3.8, 4) is 11.5 Å². The Labute approximate surface area is 109 Å². The van der Waals surface area contributed by atoms with Crippen molar-refractivity contribution in [3.05, 3.63) is 24.3 Å². The van der Waals surface area contributed by atoms with Crippen LogP contribution >= 0.6 is 0 Å². The standard InChI is InChI=1S/C14H23NO3/c1-15-12(11-16-2)7-6-10-18-14-9-5-4-8-13(14)17-3/h4-5,8-9,12,15H,6-7,10-11H2,1-3H3. The van der Waals surface area contributed by atoms with Gasteiger partial charge in [0.1, 0.15) is 0 Å². The second-order valence-corrected chi connectivity index (χ2v) is 4.08. The number of hydrogen-bond acceptors (Lipinski definition) is 4. The summed E-state index contributed by atoms with van der Waals surface area (Å²) >= 11 is 0. The monoisotopic (exact) mass is 253 g/mol. The number of nitrogens with one attached hydrogen (secondary N) is 1. The normalized spacial score (nSPS) is 12.2. The van der Waals surface area contributed by atoms with Crippen LogP contribution in [0, 0.1) is 0 Å². The van der Waals surface area contributed by atoms with Crippen molar-refractivity contribution in [3.63, 3.8) is 0 Å². The van der Waals surface area contributed by atoms with E-state index in [1.165, 1.54) is 0 Å². The maximum atomic E-state index is 5.71. The molecular weight excluding hydrogens is 230 g/mol. The van der Waals surface area contributed by atoms with Gasteiger partial charge >= 0.3 is 0 Å². The molecule has 1 unspecified atom stereocenters. The van der Waals surface area contributed by atoms with E-state index >= 15 is 0 Å². The number of rotatable bonds is 9. The van der Waals surface area contributed by atoms with Crippen LogP contribution in [0.4, 0.5) is 0 Å². The Bertz CT molecular complexity index is 331. The van der Waals surface area contributed by atoms with Gasteiger partial charge in [0, 0.05) is 13.2 Å². The molecule has 0 aliphatic rings. The van der Waals surface area contributed by atoms with E-state index in [9.17, 15) is 0 Å². The van der Waals surface area contributed by atoms with Crippen molar-refractivity contribution in [2.45, 2.75) is 18.9 Å². The maximum Gasteiger partial charge on any atom is 0.161 e. The fourth-order valence-corrected chi connectivity index (χ4v) is 1.76. The molecule has 0 aliphatic heterocycles. The average molecular weight is 253 g/mol. The highest BCUT2D eigenvalue weighted by Crippen LogP contribution is 2.25. The van der Waals surface area contributed by atoms with Gasteiger partial charge in [-0.3, -0.25) is 0 Å². The van der Waals surface area contributed by atoms with Crippen molar-refractivity contribution < 1.29 is 14.2 Å². The molecule has 1 rings (SSSR count). The first-order chi connectivity index (χ1) is 8.81. The summed E-state index contributed by atoms with van der Waals surface area (Å²) in [6.45, 7) is 1.41. The van der Waals surface area contributed by atoms with Gasteiger partial charge in [0.25, 0.3) is 0 Å². The fourth-order valence-electron chi connectivity index (χ4n) is 1.76. The van der Waals surface area contributed by atoms with Crippen LogP contribution in [0.3, 0.4) is 0 Å². The molecule has 0 saturated carbocycles. The second kappa shape index (κ2) is 8.78. The number of benzene rings is 1. The molecule has 1 aromatic rings. The molecule has 0 aromatic heterocycles. The number of para-hydroxylation sites is 2. The molecule has 0 amide bonds. The summed E-state index contributed by atoms with van der Waals surface area (Å²) in [5.74, 6) is 1.58. The largest absolute Gasteiger partial charge is 0.493 e. The number of hydrogen-bond donors (Lipinski definition) is 1. The van der Waals surface area contributed by atoms with E-state index in [0.717, 1.165) is 30.9 Å². The summed E-state index contributed by atoms with van der Waals surface area (Å²) in [6.07, 6.45) is 2.01. The molecule has 0 aliphatic carbocycles. The lowest BCUT2D eigenvalue weighted by atomic mass is 10.2. The highest BCUT2D eigenvalue weighted by atomic mass is 16.5. The summed E-state index contributed by atoms with van der Waals surface area (Å²) < 4.78 is 16.1. The van der Waals surface area contributed by atoms with Crippen LogP contribution in [0.5, 0.6) is 11.5 Å². The van der Waals surface area contributed by atoms with E-state index in [-0.39, 0.29) is 0 Å². The molecule has 0 bridgehead atoms. The minimum atomic E-state index is 0.385. The minimum absolute atomic E-state index is 0.385. The topological polar surface area (TPSA) is 39.7 Å². The van der Waals surface area contributed by atoms with E-state index in [4.69, 9.17) is 14.2 Å². The maximum absolute atomic E-state index is 5.71. The number of ether oxygens (including phenoxy) is 3. The van der Waals surface area contributed by atoms with E-state index in [2.05, 4.69) is 5.32 Å². The third kappa shape index (κ3) is 4.94. The summed E-state index contributed by atoms with van der Waals surface area (Å²) in [5.41, 5.74) is 0. The minimum Gasteiger partial charge on any atom is -0.493 e. The second-order valence-electron chi connectivity index (χ2n) is 4.08. The number of methoxy groups -OCH3 is 2. The van der Waals surface area contributed by atoms with Gasteiger partial charge in [-0.15, -0.1) is 0 Å². The molecule has 1 atom stereocenters. The summed E-state index contributed by atoms with van der Waals surface area (Å²) in [5, 5.41) is 3.22. The molecule has 1 aromatic carbocycles. The molecule has 0 fully saturated rings. The van der Waals surface area contributed by atoms with Crippen LogP contribution in [0.2, 0.25) is 0 Å². The average Bonchev–Trinajstić information content (AvgIpc) is 2.42. The van der Waals surface area contributed by atoms with Gasteiger partial charge < -0.3 is 19.5 Å². The van der Waals surface area contributed by atoms with Crippen molar-refractivity contribution in [1.82, 2.24) is 5.32 Å². The van der Waals surface area contributed by atoms with Crippen LogP contribution < -0.4 is 14.8 Å². The fraction of sp³-hybridized carbons (Fsp3) is 0.571. The lowest BCUT2D eigenvalue weighted by Crippen LogP contribution is -2.30. The van der Waals surface area contributed by atoms with Crippen LogP contribution in [0.15, 0.2) is 24.3 Å². The Morgan fingerprint density at radius 1 is 1.17 bits per heavy atom. The quantitative estimate of drug-likeness (QED) is 0.684. The van der Waals surface area contributed by atoms with Gasteiger partial charge in [-0.05, 0) is 32.0 Å². The van der Waals surface area contributed by atoms with Crippen LogP contribution in [0.1, 0.15) is 12.8 Å². The molecule has 18 heavy (non-hydrogen) atoms. The molecule has 102 valence electrons. The van der Waals surface area contributed by atoms with Crippen molar-refractivity contribution in [2.75, 3.05) is 34.5 Å².